The van der Waals surface area contributed by atoms with Crippen molar-refractivity contribution in [3.05, 3.63) is 23.3 Å². The Morgan fingerprint density at radius 1 is 1.10 bits per heavy atom. The summed E-state index contributed by atoms with van der Waals surface area (Å²) in [7, 11) is 0. The monoisotopic (exact) mass is 400 g/mol. The van der Waals surface area contributed by atoms with Crippen molar-refractivity contribution in [2.45, 2.75) is 123 Å². The third kappa shape index (κ3) is 3.89. The average molecular weight is 401 g/mol. The van der Waals surface area contributed by atoms with Crippen molar-refractivity contribution in [3.8, 4) is 0 Å². The van der Waals surface area contributed by atoms with Gasteiger partial charge in [-0.1, -0.05) is 58.6 Å². The van der Waals surface area contributed by atoms with Crippen molar-refractivity contribution in [2.75, 3.05) is 0 Å². The molecule has 1 heterocycles. The quantitative estimate of drug-likeness (QED) is 0.468. The van der Waals surface area contributed by atoms with Gasteiger partial charge in [-0.05, 0) is 86.7 Å². The molecule has 3 aliphatic carbocycles. The minimum absolute atomic E-state index is 0.0327. The van der Waals surface area contributed by atoms with Crippen molar-refractivity contribution >= 4 is 0 Å². The molecule has 2 heteroatoms. The number of fused-ring (bicyclic) bond motifs is 2. The number of aliphatic hydroxyl groups excluding tert-OH is 1. The number of rotatable bonds is 7. The van der Waals surface area contributed by atoms with Crippen LogP contribution in [0, 0.1) is 23.2 Å². The number of allylic oxidation sites excluding steroid dienone is 3. The fourth-order valence-electron chi connectivity index (χ4n) is 7.24. The smallest absolute Gasteiger partial charge is 0.118 e. The molecule has 0 bridgehead atoms. The molecule has 164 valence electrons. The van der Waals surface area contributed by atoms with E-state index in [4.69, 9.17) is 4.74 Å². The number of hydrogen-bond acceptors (Lipinski definition) is 2. The molecule has 0 aromatic rings. The van der Waals surface area contributed by atoms with Crippen LogP contribution in [0.4, 0.5) is 0 Å². The zero-order chi connectivity index (χ0) is 20.9. The topological polar surface area (TPSA) is 32.8 Å². The van der Waals surface area contributed by atoms with E-state index in [1.54, 1.807) is 11.1 Å². The summed E-state index contributed by atoms with van der Waals surface area (Å²) in [6.45, 7) is 12.0. The summed E-state index contributed by atoms with van der Waals surface area (Å²) in [5.41, 5.74) is 3.54. The van der Waals surface area contributed by atoms with Gasteiger partial charge >= 0.3 is 0 Å². The van der Waals surface area contributed by atoms with Gasteiger partial charge in [-0.25, -0.2) is 0 Å². The number of aliphatic hydroxyl groups is 1. The first-order valence-corrected chi connectivity index (χ1v) is 12.5. The van der Waals surface area contributed by atoms with Gasteiger partial charge in [0.15, 0.2) is 0 Å². The second-order valence-corrected chi connectivity index (χ2v) is 11.7. The van der Waals surface area contributed by atoms with Crippen LogP contribution in [0.25, 0.3) is 0 Å². The van der Waals surface area contributed by atoms with Crippen molar-refractivity contribution in [2.24, 2.45) is 23.2 Å². The summed E-state index contributed by atoms with van der Waals surface area (Å²) >= 11 is 0. The Bertz CT molecular complexity index is 676. The highest BCUT2D eigenvalue weighted by atomic mass is 16.6. The third-order valence-corrected chi connectivity index (χ3v) is 9.18. The highest BCUT2D eigenvalue weighted by molar-refractivity contribution is 5.39. The SMILES string of the molecule is CC(C)CCC[C@@H](C)[C@H]1CCC2=C(/C=C/[C@@]34C[C@@H](O)CC[C@]3(C)O4)CCC[C@@]21C. The molecule has 0 unspecified atom stereocenters. The lowest BCUT2D eigenvalue weighted by Crippen LogP contribution is -2.33. The van der Waals surface area contributed by atoms with Crippen LogP contribution in [0.3, 0.4) is 0 Å². The van der Waals surface area contributed by atoms with Crippen LogP contribution in [-0.2, 0) is 4.74 Å². The highest BCUT2D eigenvalue weighted by Crippen LogP contribution is 2.60. The Labute approximate surface area is 179 Å². The Hall–Kier alpha value is -0.600. The molecule has 6 atom stereocenters. The van der Waals surface area contributed by atoms with E-state index in [1.165, 1.54) is 51.4 Å². The molecule has 2 saturated carbocycles. The summed E-state index contributed by atoms with van der Waals surface area (Å²) in [4.78, 5) is 0. The van der Waals surface area contributed by atoms with E-state index < -0.39 is 0 Å². The standard InChI is InChI=1S/C27H44O2/c1-19(2)8-6-9-20(3)23-11-12-24-21(10-7-15-25(23,24)4)13-17-27-18-22(28)14-16-26(27,5)29-27/h13,17,19-20,22-23,28H,6-12,14-16,18H2,1-5H3/b17-13+/t20-,22+,23-,25-,26+,27-/m1/s1. The predicted octanol–water partition coefficient (Wildman–Crippen LogP) is 6.97. The molecule has 0 aromatic heterocycles. The largest absolute Gasteiger partial charge is 0.393 e. The molecule has 1 N–H and O–H groups in total. The molecule has 4 aliphatic rings. The molecule has 0 spiro atoms. The maximum absolute atomic E-state index is 10.2. The van der Waals surface area contributed by atoms with Crippen LogP contribution in [0.1, 0.15) is 105 Å². The van der Waals surface area contributed by atoms with Gasteiger partial charge in [0.1, 0.15) is 5.60 Å². The van der Waals surface area contributed by atoms with E-state index in [-0.39, 0.29) is 17.3 Å². The minimum atomic E-state index is -0.202. The lowest BCUT2D eigenvalue weighted by Gasteiger charge is -2.40. The Morgan fingerprint density at radius 2 is 1.90 bits per heavy atom. The summed E-state index contributed by atoms with van der Waals surface area (Å²) in [5.74, 6) is 2.52. The molecule has 0 amide bonds. The molecule has 0 radical (unpaired) electrons. The molecule has 3 fully saturated rings. The first kappa shape index (κ1) is 21.6. The van der Waals surface area contributed by atoms with Crippen LogP contribution in [-0.4, -0.2) is 22.4 Å². The van der Waals surface area contributed by atoms with Crippen LogP contribution in [0.5, 0.6) is 0 Å². The van der Waals surface area contributed by atoms with Crippen molar-refractivity contribution in [3.63, 3.8) is 0 Å². The van der Waals surface area contributed by atoms with Gasteiger partial charge in [0.25, 0.3) is 0 Å². The van der Waals surface area contributed by atoms with Crippen LogP contribution in [0.2, 0.25) is 0 Å². The molecule has 2 nitrogen and oxygen atoms in total. The van der Waals surface area contributed by atoms with Crippen molar-refractivity contribution < 1.29 is 9.84 Å². The molecular weight excluding hydrogens is 356 g/mol. The number of epoxide rings is 1. The first-order chi connectivity index (χ1) is 13.7. The molecule has 1 saturated heterocycles. The third-order valence-electron chi connectivity index (χ3n) is 9.18. The van der Waals surface area contributed by atoms with E-state index in [9.17, 15) is 5.11 Å². The lowest BCUT2D eigenvalue weighted by molar-refractivity contribution is 0.119. The minimum Gasteiger partial charge on any atom is -0.393 e. The summed E-state index contributed by atoms with van der Waals surface area (Å²) in [6.07, 6.45) is 17.9. The van der Waals surface area contributed by atoms with Gasteiger partial charge in [0.05, 0.1) is 11.7 Å². The van der Waals surface area contributed by atoms with Gasteiger partial charge in [-0.3, -0.25) is 0 Å². The summed E-state index contributed by atoms with van der Waals surface area (Å²) in [5, 5.41) is 10.2. The normalized spacial score (nSPS) is 43.0. The van der Waals surface area contributed by atoms with E-state index >= 15 is 0 Å². The molecule has 0 aromatic carbocycles. The van der Waals surface area contributed by atoms with E-state index in [1.807, 2.05) is 0 Å². The average Bonchev–Trinajstić information content (AvgIpc) is 3.09. The number of hydrogen-bond donors (Lipinski definition) is 1. The summed E-state index contributed by atoms with van der Waals surface area (Å²) < 4.78 is 6.20. The highest BCUT2D eigenvalue weighted by Gasteiger charge is 2.67. The Kier molecular flexibility index (Phi) is 5.84. The van der Waals surface area contributed by atoms with Crippen LogP contribution >= 0.6 is 0 Å². The van der Waals surface area contributed by atoms with Crippen LogP contribution in [0.15, 0.2) is 23.3 Å². The zero-order valence-electron chi connectivity index (χ0n) is 19.6. The molecule has 29 heavy (non-hydrogen) atoms. The maximum Gasteiger partial charge on any atom is 0.118 e. The molecular formula is C27H44O2. The molecule has 4 rings (SSSR count). The van der Waals surface area contributed by atoms with Gasteiger partial charge in [0.2, 0.25) is 0 Å². The van der Waals surface area contributed by atoms with Crippen LogP contribution < -0.4 is 0 Å². The second-order valence-electron chi connectivity index (χ2n) is 11.7. The van der Waals surface area contributed by atoms with Gasteiger partial charge in [0, 0.05) is 6.42 Å². The van der Waals surface area contributed by atoms with E-state index in [2.05, 4.69) is 46.8 Å². The predicted molar refractivity (Wildman–Crippen MR) is 121 cm³/mol. The van der Waals surface area contributed by atoms with E-state index in [0.717, 1.165) is 37.0 Å². The van der Waals surface area contributed by atoms with Gasteiger partial charge < -0.3 is 9.84 Å². The fraction of sp³-hybridized carbons (Fsp3) is 0.852. The second kappa shape index (κ2) is 7.83. The zero-order valence-corrected chi connectivity index (χ0v) is 19.6. The lowest BCUT2D eigenvalue weighted by atomic mass is 9.64. The van der Waals surface area contributed by atoms with Crippen molar-refractivity contribution in [1.82, 2.24) is 0 Å². The molecule has 1 aliphatic heterocycles. The summed E-state index contributed by atoms with van der Waals surface area (Å²) in [6, 6.07) is 0. The van der Waals surface area contributed by atoms with Crippen molar-refractivity contribution in [1.29, 1.82) is 0 Å². The number of ether oxygens (including phenoxy) is 1. The van der Waals surface area contributed by atoms with E-state index in [0.29, 0.717) is 5.41 Å². The fourth-order valence-corrected chi connectivity index (χ4v) is 7.24. The van der Waals surface area contributed by atoms with Gasteiger partial charge in [-0.15, -0.1) is 0 Å². The van der Waals surface area contributed by atoms with Gasteiger partial charge in [-0.2, -0.15) is 0 Å². The maximum atomic E-state index is 10.2. The first-order valence-electron chi connectivity index (χ1n) is 12.5. The Balaban J connectivity index is 1.49. The Morgan fingerprint density at radius 3 is 2.66 bits per heavy atom.